The quantitative estimate of drug-likeness (QED) is 0.620. The summed E-state index contributed by atoms with van der Waals surface area (Å²) in [6, 6.07) is 6.95. The summed E-state index contributed by atoms with van der Waals surface area (Å²) in [4.78, 5) is 0. The molecule has 1 unspecified atom stereocenters. The smallest absolute Gasteiger partial charge is 0.122 e. The summed E-state index contributed by atoms with van der Waals surface area (Å²) >= 11 is 0. The van der Waals surface area contributed by atoms with Gasteiger partial charge in [0.2, 0.25) is 0 Å². The van der Waals surface area contributed by atoms with Crippen LogP contribution in [0, 0.1) is 0 Å². The van der Waals surface area contributed by atoms with Crippen molar-refractivity contribution in [2.24, 2.45) is 0 Å². The zero-order valence-electron chi connectivity index (χ0n) is 10.7. The van der Waals surface area contributed by atoms with E-state index in [4.69, 9.17) is 4.74 Å². The summed E-state index contributed by atoms with van der Waals surface area (Å²) in [5.74, 6) is 1.06. The molecule has 0 bridgehead atoms. The van der Waals surface area contributed by atoms with E-state index in [1.807, 2.05) is 0 Å². The number of rotatable bonds is 5. The van der Waals surface area contributed by atoms with Gasteiger partial charge in [0.15, 0.2) is 0 Å². The number of hydrogen-bond acceptors (Lipinski definition) is 2. The molecule has 1 aromatic carbocycles. The highest BCUT2D eigenvalue weighted by Gasteiger charge is 2.13. The van der Waals surface area contributed by atoms with Gasteiger partial charge in [0.25, 0.3) is 0 Å². The number of nitrogens with one attached hydrogen (secondary N) is 1. The van der Waals surface area contributed by atoms with Crippen LogP contribution in [0.1, 0.15) is 37.4 Å². The van der Waals surface area contributed by atoms with Crippen LogP contribution in [0.4, 0.5) is 0 Å². The second-order valence-electron chi connectivity index (χ2n) is 4.50. The molecule has 0 radical (unpaired) electrons. The van der Waals surface area contributed by atoms with E-state index in [1.165, 1.54) is 11.1 Å². The summed E-state index contributed by atoms with van der Waals surface area (Å²) in [7, 11) is 0. The Labute approximate surface area is 104 Å². The number of allylic oxidation sites excluding steroid dienone is 1. The first-order valence-electron chi connectivity index (χ1n) is 6.41. The second kappa shape index (κ2) is 5.87. The molecular formula is C15H21NO. The van der Waals surface area contributed by atoms with Crippen LogP contribution >= 0.6 is 0 Å². The van der Waals surface area contributed by atoms with Crippen LogP contribution in [0.2, 0.25) is 0 Å². The molecule has 0 amide bonds. The number of ether oxygens (including phenoxy) is 1. The third kappa shape index (κ3) is 3.10. The molecule has 0 fully saturated rings. The Balaban J connectivity index is 1.92. The lowest BCUT2D eigenvalue weighted by atomic mass is 10.0. The molecule has 2 rings (SSSR count). The van der Waals surface area contributed by atoms with Gasteiger partial charge in [-0.3, -0.25) is 0 Å². The summed E-state index contributed by atoms with van der Waals surface area (Å²) in [6.07, 6.45) is 6.43. The van der Waals surface area contributed by atoms with E-state index >= 15 is 0 Å². The average Bonchev–Trinajstić information content (AvgIpc) is 2.81. The zero-order valence-corrected chi connectivity index (χ0v) is 10.7. The van der Waals surface area contributed by atoms with Gasteiger partial charge in [0.1, 0.15) is 5.75 Å². The molecular weight excluding hydrogens is 210 g/mol. The minimum absolute atomic E-state index is 0.408. The van der Waals surface area contributed by atoms with Crippen LogP contribution < -0.4 is 10.1 Å². The van der Waals surface area contributed by atoms with Crippen molar-refractivity contribution in [1.29, 1.82) is 0 Å². The van der Waals surface area contributed by atoms with E-state index in [1.54, 1.807) is 0 Å². The SMILES string of the molecule is C/C=C/CCNC(C)c1ccc2c(c1)CCO2. The van der Waals surface area contributed by atoms with Crippen LogP contribution in [0.25, 0.3) is 0 Å². The predicted molar refractivity (Wildman–Crippen MR) is 71.5 cm³/mol. The van der Waals surface area contributed by atoms with Crippen molar-refractivity contribution in [3.8, 4) is 5.75 Å². The van der Waals surface area contributed by atoms with Gasteiger partial charge in [0.05, 0.1) is 6.61 Å². The second-order valence-corrected chi connectivity index (χ2v) is 4.50. The van der Waals surface area contributed by atoms with Gasteiger partial charge in [-0.25, -0.2) is 0 Å². The van der Waals surface area contributed by atoms with Crippen molar-refractivity contribution in [1.82, 2.24) is 5.32 Å². The van der Waals surface area contributed by atoms with Crippen molar-refractivity contribution < 1.29 is 4.74 Å². The first-order chi connectivity index (χ1) is 8.31. The topological polar surface area (TPSA) is 21.3 Å². The molecule has 1 atom stereocenters. The minimum Gasteiger partial charge on any atom is -0.493 e. The standard InChI is InChI=1S/C15H21NO/c1-3-4-5-9-16-12(2)13-6-7-15-14(11-13)8-10-17-15/h3-4,6-7,11-12,16H,5,8-10H2,1-2H3/b4-3+. The Morgan fingerprint density at radius 2 is 2.35 bits per heavy atom. The molecule has 2 heteroatoms. The van der Waals surface area contributed by atoms with E-state index in [-0.39, 0.29) is 0 Å². The maximum atomic E-state index is 5.52. The highest BCUT2D eigenvalue weighted by Crippen LogP contribution is 2.27. The van der Waals surface area contributed by atoms with Crippen LogP contribution in [-0.2, 0) is 6.42 Å². The molecule has 1 aliphatic heterocycles. The van der Waals surface area contributed by atoms with Crippen molar-refractivity contribution in [2.45, 2.75) is 32.7 Å². The molecule has 1 aromatic rings. The highest BCUT2D eigenvalue weighted by atomic mass is 16.5. The molecule has 0 saturated carbocycles. The Kier molecular flexibility index (Phi) is 4.21. The van der Waals surface area contributed by atoms with Crippen LogP contribution in [0.3, 0.4) is 0 Å². The minimum atomic E-state index is 0.408. The first-order valence-corrected chi connectivity index (χ1v) is 6.41. The van der Waals surface area contributed by atoms with Gasteiger partial charge in [-0.2, -0.15) is 0 Å². The molecule has 1 heterocycles. The Morgan fingerprint density at radius 1 is 1.47 bits per heavy atom. The third-order valence-corrected chi connectivity index (χ3v) is 3.21. The largest absolute Gasteiger partial charge is 0.493 e. The van der Waals surface area contributed by atoms with Gasteiger partial charge >= 0.3 is 0 Å². The van der Waals surface area contributed by atoms with E-state index in [0.717, 1.165) is 31.7 Å². The normalized spacial score (nSPS) is 15.9. The van der Waals surface area contributed by atoms with Crippen molar-refractivity contribution in [2.75, 3.05) is 13.2 Å². The maximum Gasteiger partial charge on any atom is 0.122 e. The fourth-order valence-corrected chi connectivity index (χ4v) is 2.14. The molecule has 17 heavy (non-hydrogen) atoms. The number of hydrogen-bond donors (Lipinski definition) is 1. The number of fused-ring (bicyclic) bond motifs is 1. The molecule has 1 N–H and O–H groups in total. The van der Waals surface area contributed by atoms with Gasteiger partial charge < -0.3 is 10.1 Å². The lowest BCUT2D eigenvalue weighted by molar-refractivity contribution is 0.356. The highest BCUT2D eigenvalue weighted by molar-refractivity contribution is 5.40. The van der Waals surface area contributed by atoms with Gasteiger partial charge in [0, 0.05) is 12.5 Å². The summed E-state index contributed by atoms with van der Waals surface area (Å²) < 4.78 is 5.52. The molecule has 0 saturated heterocycles. The van der Waals surface area contributed by atoms with Gasteiger partial charge in [-0.05, 0) is 44.0 Å². The van der Waals surface area contributed by atoms with E-state index in [9.17, 15) is 0 Å². The Hall–Kier alpha value is -1.28. The predicted octanol–water partition coefficient (Wildman–Crippen LogP) is 3.24. The lowest BCUT2D eigenvalue weighted by Gasteiger charge is -2.14. The van der Waals surface area contributed by atoms with Crippen LogP contribution in [0.5, 0.6) is 5.75 Å². The average molecular weight is 231 g/mol. The lowest BCUT2D eigenvalue weighted by Crippen LogP contribution is -2.19. The van der Waals surface area contributed by atoms with Crippen LogP contribution in [0.15, 0.2) is 30.4 Å². The molecule has 1 aliphatic rings. The molecule has 0 aromatic heterocycles. The van der Waals surface area contributed by atoms with E-state index in [2.05, 4.69) is 49.5 Å². The van der Waals surface area contributed by atoms with E-state index in [0.29, 0.717) is 6.04 Å². The maximum absolute atomic E-state index is 5.52. The zero-order chi connectivity index (χ0) is 12.1. The number of benzene rings is 1. The fraction of sp³-hybridized carbons (Fsp3) is 0.467. The Bertz CT molecular complexity index is 398. The fourth-order valence-electron chi connectivity index (χ4n) is 2.14. The van der Waals surface area contributed by atoms with Crippen molar-refractivity contribution in [3.63, 3.8) is 0 Å². The third-order valence-electron chi connectivity index (χ3n) is 3.21. The molecule has 92 valence electrons. The van der Waals surface area contributed by atoms with Crippen molar-refractivity contribution >= 4 is 0 Å². The van der Waals surface area contributed by atoms with Crippen molar-refractivity contribution in [3.05, 3.63) is 41.5 Å². The Morgan fingerprint density at radius 3 is 3.18 bits per heavy atom. The van der Waals surface area contributed by atoms with E-state index < -0.39 is 0 Å². The molecule has 2 nitrogen and oxygen atoms in total. The van der Waals surface area contributed by atoms with Crippen LogP contribution in [-0.4, -0.2) is 13.2 Å². The van der Waals surface area contributed by atoms with Gasteiger partial charge in [-0.15, -0.1) is 0 Å². The molecule has 0 spiro atoms. The molecule has 0 aliphatic carbocycles. The summed E-state index contributed by atoms with van der Waals surface area (Å²) in [5.41, 5.74) is 2.71. The summed E-state index contributed by atoms with van der Waals surface area (Å²) in [6.45, 7) is 6.14. The first kappa shape index (κ1) is 12.2. The van der Waals surface area contributed by atoms with Gasteiger partial charge in [-0.1, -0.05) is 24.3 Å². The summed E-state index contributed by atoms with van der Waals surface area (Å²) in [5, 5.41) is 3.53. The monoisotopic (exact) mass is 231 g/mol.